The highest BCUT2D eigenvalue weighted by molar-refractivity contribution is 9.09. The zero-order valence-electron chi connectivity index (χ0n) is 10.2. The molecule has 0 aliphatic rings. The van der Waals surface area contributed by atoms with Gasteiger partial charge in [-0.3, -0.25) is 9.79 Å². The fraction of sp³-hybridized carbons (Fsp3) is 0.385. The highest BCUT2D eigenvalue weighted by atomic mass is 79.9. The van der Waals surface area contributed by atoms with E-state index in [4.69, 9.17) is 0 Å². The second-order valence-corrected chi connectivity index (χ2v) is 5.32. The third-order valence-electron chi connectivity index (χ3n) is 2.06. The second kappa shape index (κ2) is 5.45. The normalized spacial score (nSPS) is 12.0. The molecule has 0 amide bonds. The maximum atomic E-state index is 11.5. The van der Waals surface area contributed by atoms with Crippen molar-refractivity contribution in [2.24, 2.45) is 4.99 Å². The molecule has 1 aromatic carbocycles. The number of Topliss-reactive ketones (excluding diaryl/α,β-unsaturated/α-hetero) is 1. The predicted molar refractivity (Wildman–Crippen MR) is 73.6 cm³/mol. The van der Waals surface area contributed by atoms with E-state index in [0.717, 1.165) is 0 Å². The first-order chi connectivity index (χ1) is 7.83. The van der Waals surface area contributed by atoms with Crippen LogP contribution in [-0.2, 0) is 0 Å². The molecule has 1 rings (SSSR count). The van der Waals surface area contributed by atoms with Gasteiger partial charge in [-0.2, -0.15) is 0 Å². The average Bonchev–Trinajstić information content (AvgIpc) is 2.26. The Morgan fingerprint density at radius 1 is 1.47 bits per heavy atom. The molecule has 0 aromatic heterocycles. The molecule has 17 heavy (non-hydrogen) atoms. The number of alkyl halides is 1. The summed E-state index contributed by atoms with van der Waals surface area (Å²) in [6, 6.07) is 4.77. The van der Waals surface area contributed by atoms with Gasteiger partial charge in [0.25, 0.3) is 0 Å². The number of rotatable bonds is 3. The second-order valence-electron chi connectivity index (χ2n) is 4.76. The van der Waals surface area contributed by atoms with Crippen LogP contribution in [-0.4, -0.2) is 28.0 Å². The summed E-state index contributed by atoms with van der Waals surface area (Å²) in [7, 11) is 0. The van der Waals surface area contributed by atoms with Gasteiger partial charge in [-0.05, 0) is 39.0 Å². The lowest BCUT2D eigenvalue weighted by Gasteiger charge is -2.11. The Labute approximate surface area is 110 Å². The largest absolute Gasteiger partial charge is 0.507 e. The SMILES string of the molecule is CC(C)(C)N=Cc1cc(C(=O)CBr)ccc1O. The summed E-state index contributed by atoms with van der Waals surface area (Å²) in [6.07, 6.45) is 1.60. The molecule has 0 saturated carbocycles. The lowest BCUT2D eigenvalue weighted by atomic mass is 10.1. The molecule has 0 fully saturated rings. The molecule has 0 saturated heterocycles. The number of halogens is 1. The van der Waals surface area contributed by atoms with E-state index in [1.165, 1.54) is 6.07 Å². The lowest BCUT2D eigenvalue weighted by molar-refractivity contribution is 0.102. The van der Waals surface area contributed by atoms with Gasteiger partial charge in [0.1, 0.15) is 5.75 Å². The Morgan fingerprint density at radius 3 is 2.65 bits per heavy atom. The van der Waals surface area contributed by atoms with Crippen molar-refractivity contribution in [3.63, 3.8) is 0 Å². The number of phenols is 1. The molecule has 0 radical (unpaired) electrons. The summed E-state index contributed by atoms with van der Waals surface area (Å²) in [5.74, 6) is 0.111. The predicted octanol–water partition coefficient (Wildman–Crippen LogP) is 3.19. The Morgan fingerprint density at radius 2 is 2.12 bits per heavy atom. The number of nitrogens with zero attached hydrogens (tertiary/aromatic N) is 1. The molecule has 1 aromatic rings. The number of phenolic OH excluding ortho intramolecular Hbond substituents is 1. The van der Waals surface area contributed by atoms with Crippen LogP contribution in [0.2, 0.25) is 0 Å². The molecular formula is C13H16BrNO2. The Kier molecular flexibility index (Phi) is 4.46. The van der Waals surface area contributed by atoms with Crippen LogP contribution >= 0.6 is 15.9 Å². The topological polar surface area (TPSA) is 49.7 Å². The number of carbonyl (C=O) groups is 1. The maximum absolute atomic E-state index is 11.5. The maximum Gasteiger partial charge on any atom is 0.173 e. The molecule has 4 heteroatoms. The van der Waals surface area contributed by atoms with Crippen molar-refractivity contribution in [2.75, 3.05) is 5.33 Å². The zero-order chi connectivity index (χ0) is 13.1. The van der Waals surface area contributed by atoms with E-state index in [-0.39, 0.29) is 22.4 Å². The van der Waals surface area contributed by atoms with Crippen LogP contribution in [0.1, 0.15) is 36.7 Å². The summed E-state index contributed by atoms with van der Waals surface area (Å²) >= 11 is 3.12. The summed E-state index contributed by atoms with van der Waals surface area (Å²) in [5, 5.41) is 9.94. The van der Waals surface area contributed by atoms with Crippen molar-refractivity contribution in [3.8, 4) is 5.75 Å². The van der Waals surface area contributed by atoms with Crippen molar-refractivity contribution in [3.05, 3.63) is 29.3 Å². The summed E-state index contributed by atoms with van der Waals surface area (Å²) < 4.78 is 0. The summed E-state index contributed by atoms with van der Waals surface area (Å²) in [6.45, 7) is 5.90. The fourth-order valence-corrected chi connectivity index (χ4v) is 1.50. The molecule has 0 heterocycles. The standard InChI is InChI=1S/C13H16BrNO2/c1-13(2,3)15-8-10-6-9(12(17)7-14)4-5-11(10)16/h4-6,8,16H,7H2,1-3H3. The first kappa shape index (κ1) is 13.9. The van der Waals surface area contributed by atoms with Crippen LogP contribution < -0.4 is 0 Å². The van der Waals surface area contributed by atoms with E-state index in [9.17, 15) is 9.90 Å². The van der Waals surface area contributed by atoms with Gasteiger partial charge in [-0.15, -0.1) is 0 Å². The Hall–Kier alpha value is -1.16. The number of ketones is 1. The van der Waals surface area contributed by atoms with Crippen LogP contribution in [0.15, 0.2) is 23.2 Å². The number of aliphatic imine (C=N–C) groups is 1. The molecule has 0 aliphatic heterocycles. The molecule has 0 atom stereocenters. The minimum Gasteiger partial charge on any atom is -0.507 e. The molecule has 0 bridgehead atoms. The summed E-state index contributed by atoms with van der Waals surface area (Å²) in [5.41, 5.74) is 0.920. The van der Waals surface area contributed by atoms with Crippen molar-refractivity contribution in [1.82, 2.24) is 0 Å². The van der Waals surface area contributed by atoms with Crippen LogP contribution in [0.25, 0.3) is 0 Å². The number of carbonyl (C=O) groups excluding carboxylic acids is 1. The molecule has 3 nitrogen and oxygen atoms in total. The van der Waals surface area contributed by atoms with Gasteiger partial charge in [0, 0.05) is 17.3 Å². The number of hydrogen-bond acceptors (Lipinski definition) is 3. The van der Waals surface area contributed by atoms with Gasteiger partial charge >= 0.3 is 0 Å². The monoisotopic (exact) mass is 297 g/mol. The number of hydrogen-bond donors (Lipinski definition) is 1. The highest BCUT2D eigenvalue weighted by Crippen LogP contribution is 2.18. The zero-order valence-corrected chi connectivity index (χ0v) is 11.8. The highest BCUT2D eigenvalue weighted by Gasteiger charge is 2.09. The minimum atomic E-state index is -0.206. The van der Waals surface area contributed by atoms with E-state index in [2.05, 4.69) is 20.9 Å². The van der Waals surface area contributed by atoms with E-state index < -0.39 is 0 Å². The van der Waals surface area contributed by atoms with E-state index >= 15 is 0 Å². The van der Waals surface area contributed by atoms with Crippen molar-refractivity contribution in [2.45, 2.75) is 26.3 Å². The van der Waals surface area contributed by atoms with Gasteiger partial charge < -0.3 is 5.11 Å². The molecule has 0 unspecified atom stereocenters. The first-order valence-electron chi connectivity index (χ1n) is 5.31. The van der Waals surface area contributed by atoms with Gasteiger partial charge in [-0.1, -0.05) is 15.9 Å². The van der Waals surface area contributed by atoms with Crippen LogP contribution in [0.4, 0.5) is 0 Å². The Bertz CT molecular complexity index is 447. The lowest BCUT2D eigenvalue weighted by Crippen LogP contribution is -2.10. The number of benzene rings is 1. The third kappa shape index (κ3) is 4.30. The van der Waals surface area contributed by atoms with Crippen LogP contribution in [0.3, 0.4) is 0 Å². The van der Waals surface area contributed by atoms with Crippen molar-refractivity contribution in [1.29, 1.82) is 0 Å². The molecular weight excluding hydrogens is 282 g/mol. The average molecular weight is 298 g/mol. The van der Waals surface area contributed by atoms with Crippen LogP contribution in [0.5, 0.6) is 5.75 Å². The molecule has 0 spiro atoms. The quantitative estimate of drug-likeness (QED) is 0.529. The van der Waals surface area contributed by atoms with Crippen molar-refractivity contribution >= 4 is 27.9 Å². The van der Waals surface area contributed by atoms with Crippen LogP contribution in [0, 0.1) is 0 Å². The van der Waals surface area contributed by atoms with Gasteiger partial charge in [-0.25, -0.2) is 0 Å². The Balaban J connectivity index is 3.07. The van der Waals surface area contributed by atoms with Crippen molar-refractivity contribution < 1.29 is 9.90 Å². The van der Waals surface area contributed by atoms with Gasteiger partial charge in [0.2, 0.25) is 0 Å². The van der Waals surface area contributed by atoms with E-state index in [1.807, 2.05) is 20.8 Å². The smallest absolute Gasteiger partial charge is 0.173 e. The summed E-state index contributed by atoms with van der Waals surface area (Å²) in [4.78, 5) is 15.8. The first-order valence-corrected chi connectivity index (χ1v) is 6.43. The van der Waals surface area contributed by atoms with E-state index in [1.54, 1.807) is 18.3 Å². The van der Waals surface area contributed by atoms with E-state index in [0.29, 0.717) is 11.1 Å². The molecule has 1 N–H and O–H groups in total. The third-order valence-corrected chi connectivity index (χ3v) is 2.57. The minimum absolute atomic E-state index is 0.0181. The number of aromatic hydroxyl groups is 1. The van der Waals surface area contributed by atoms with Gasteiger partial charge in [0.15, 0.2) is 5.78 Å². The molecule has 92 valence electrons. The molecule has 0 aliphatic carbocycles. The van der Waals surface area contributed by atoms with Gasteiger partial charge in [0.05, 0.1) is 10.9 Å². The fourth-order valence-electron chi connectivity index (χ4n) is 1.17.